The molecule has 0 radical (unpaired) electrons. The predicted octanol–water partition coefficient (Wildman–Crippen LogP) is 2.80. The number of carbonyl (C=O) groups excluding carboxylic acids is 1. The summed E-state index contributed by atoms with van der Waals surface area (Å²) < 4.78 is 5.07. The minimum atomic E-state index is -0.497. The van der Waals surface area contributed by atoms with Crippen molar-refractivity contribution in [1.82, 2.24) is 4.98 Å². The van der Waals surface area contributed by atoms with Crippen LogP contribution in [-0.4, -0.2) is 22.8 Å². The van der Waals surface area contributed by atoms with Crippen molar-refractivity contribution in [2.24, 2.45) is 0 Å². The van der Waals surface area contributed by atoms with E-state index in [0.717, 1.165) is 22.6 Å². The number of methoxy groups -OCH3 is 1. The van der Waals surface area contributed by atoms with Gasteiger partial charge >= 0.3 is 5.00 Å². The Kier molecular flexibility index (Phi) is 4.99. The van der Waals surface area contributed by atoms with Gasteiger partial charge in [0.05, 0.1) is 18.5 Å². The van der Waals surface area contributed by atoms with Crippen LogP contribution in [0, 0.1) is 10.1 Å². The Bertz CT molecular complexity index is 637. The smallest absolute Gasteiger partial charge is 0.343 e. The van der Waals surface area contributed by atoms with Gasteiger partial charge in [-0.05, 0) is 35.5 Å². The Morgan fingerprint density at radius 3 is 2.67 bits per heavy atom. The lowest BCUT2D eigenvalue weighted by Crippen LogP contribution is -2.04. The number of benzene rings is 1. The van der Waals surface area contributed by atoms with Gasteiger partial charge in [0.1, 0.15) is 22.7 Å². The van der Waals surface area contributed by atoms with Crippen molar-refractivity contribution in [3.05, 3.63) is 51.1 Å². The van der Waals surface area contributed by atoms with Crippen LogP contribution in [0.1, 0.15) is 17.0 Å². The van der Waals surface area contributed by atoms with E-state index in [2.05, 4.69) is 4.98 Å². The fourth-order valence-electron chi connectivity index (χ4n) is 1.80. The number of rotatable bonds is 7. The lowest BCUT2D eigenvalue weighted by Gasteiger charge is -2.02. The molecule has 21 heavy (non-hydrogen) atoms. The van der Waals surface area contributed by atoms with E-state index in [1.165, 1.54) is 6.20 Å². The molecule has 0 unspecified atom stereocenters. The quantitative estimate of drug-likeness (QED) is 0.580. The Hall–Kier alpha value is -2.28. The second-order valence-corrected chi connectivity index (χ2v) is 5.51. The first kappa shape index (κ1) is 15.1. The Balaban J connectivity index is 1.84. The zero-order valence-electron chi connectivity index (χ0n) is 11.4. The van der Waals surface area contributed by atoms with E-state index < -0.39 is 4.92 Å². The number of hydrogen-bond acceptors (Lipinski definition) is 6. The molecule has 0 aliphatic rings. The number of nitrogens with zero attached hydrogens (tertiary/aromatic N) is 2. The summed E-state index contributed by atoms with van der Waals surface area (Å²) in [6, 6.07) is 7.54. The van der Waals surface area contributed by atoms with Gasteiger partial charge in [0.15, 0.2) is 0 Å². The van der Waals surface area contributed by atoms with E-state index in [4.69, 9.17) is 4.74 Å². The molecule has 0 spiro atoms. The molecule has 1 heterocycles. The van der Waals surface area contributed by atoms with E-state index in [-0.39, 0.29) is 17.2 Å². The second kappa shape index (κ2) is 6.94. The van der Waals surface area contributed by atoms with Crippen LogP contribution in [0.2, 0.25) is 0 Å². The zero-order chi connectivity index (χ0) is 15.2. The number of thiazole rings is 1. The van der Waals surface area contributed by atoms with Gasteiger partial charge in [-0.2, -0.15) is 0 Å². The molecule has 0 aliphatic carbocycles. The summed E-state index contributed by atoms with van der Waals surface area (Å²) in [7, 11) is 1.60. The van der Waals surface area contributed by atoms with Crippen molar-refractivity contribution in [1.29, 1.82) is 0 Å². The Labute approximate surface area is 125 Å². The molecule has 0 saturated carbocycles. The van der Waals surface area contributed by atoms with Gasteiger partial charge < -0.3 is 4.74 Å². The average molecular weight is 306 g/mol. The lowest BCUT2D eigenvalue weighted by atomic mass is 10.1. The van der Waals surface area contributed by atoms with E-state index in [1.54, 1.807) is 7.11 Å². The maximum Gasteiger partial charge on any atom is 0.343 e. The Morgan fingerprint density at radius 1 is 1.38 bits per heavy atom. The normalized spacial score (nSPS) is 10.3. The summed E-state index contributed by atoms with van der Waals surface area (Å²) >= 11 is 0.948. The van der Waals surface area contributed by atoms with Gasteiger partial charge in [-0.3, -0.25) is 14.9 Å². The maximum atomic E-state index is 11.9. The van der Waals surface area contributed by atoms with Crippen molar-refractivity contribution >= 4 is 22.1 Å². The van der Waals surface area contributed by atoms with Crippen LogP contribution in [0.4, 0.5) is 5.00 Å². The van der Waals surface area contributed by atoms with Crippen molar-refractivity contribution < 1.29 is 14.5 Å². The largest absolute Gasteiger partial charge is 0.497 e. The SMILES string of the molecule is COc1ccc(CCC(=O)Cc2ncc([N+](=O)[O-])s2)cc1. The highest BCUT2D eigenvalue weighted by Gasteiger charge is 2.14. The molecule has 2 rings (SSSR count). The van der Waals surface area contributed by atoms with Gasteiger partial charge in [-0.25, -0.2) is 4.98 Å². The standard InChI is InChI=1S/C14H14N2O4S/c1-20-12-6-3-10(4-7-12)2-5-11(17)8-13-15-9-14(21-13)16(18)19/h3-4,6-7,9H,2,5,8H2,1H3. The van der Waals surface area contributed by atoms with Crippen molar-refractivity contribution in [2.45, 2.75) is 19.3 Å². The molecule has 110 valence electrons. The Morgan fingerprint density at radius 2 is 2.10 bits per heavy atom. The van der Waals surface area contributed by atoms with E-state index in [9.17, 15) is 14.9 Å². The fraction of sp³-hybridized carbons (Fsp3) is 0.286. The molecule has 7 heteroatoms. The number of carbonyl (C=O) groups is 1. The highest BCUT2D eigenvalue weighted by atomic mass is 32.1. The summed E-state index contributed by atoms with van der Waals surface area (Å²) in [6.45, 7) is 0. The minimum absolute atomic E-state index is 0.0232. The van der Waals surface area contributed by atoms with Gasteiger partial charge in [0, 0.05) is 6.42 Å². The zero-order valence-corrected chi connectivity index (χ0v) is 12.3. The summed E-state index contributed by atoms with van der Waals surface area (Å²) in [5.41, 5.74) is 1.05. The molecule has 0 saturated heterocycles. The molecule has 0 aliphatic heterocycles. The third-order valence-corrected chi connectivity index (χ3v) is 3.87. The predicted molar refractivity (Wildman–Crippen MR) is 78.8 cm³/mol. The van der Waals surface area contributed by atoms with Crippen molar-refractivity contribution in [3.63, 3.8) is 0 Å². The van der Waals surface area contributed by atoms with Gasteiger partial charge in [-0.1, -0.05) is 12.1 Å². The molecular weight excluding hydrogens is 292 g/mol. The number of ether oxygens (including phenoxy) is 1. The topological polar surface area (TPSA) is 82.3 Å². The van der Waals surface area contributed by atoms with Crippen molar-refractivity contribution in [2.75, 3.05) is 7.11 Å². The van der Waals surface area contributed by atoms with E-state index in [1.807, 2.05) is 24.3 Å². The number of ketones is 1. The monoisotopic (exact) mass is 306 g/mol. The van der Waals surface area contributed by atoms with Crippen molar-refractivity contribution in [3.8, 4) is 5.75 Å². The highest BCUT2D eigenvalue weighted by molar-refractivity contribution is 7.14. The molecule has 6 nitrogen and oxygen atoms in total. The van der Waals surface area contributed by atoms with Gasteiger partial charge in [-0.15, -0.1) is 0 Å². The average Bonchev–Trinajstić information content (AvgIpc) is 2.94. The number of aromatic nitrogens is 1. The molecule has 1 aromatic carbocycles. The fourth-order valence-corrected chi connectivity index (χ4v) is 2.56. The first-order valence-electron chi connectivity index (χ1n) is 6.32. The lowest BCUT2D eigenvalue weighted by molar-refractivity contribution is -0.380. The number of aryl methyl sites for hydroxylation is 1. The van der Waals surface area contributed by atoms with E-state index in [0.29, 0.717) is 17.8 Å². The van der Waals surface area contributed by atoms with Gasteiger partial charge in [0.25, 0.3) is 0 Å². The van der Waals surface area contributed by atoms with E-state index >= 15 is 0 Å². The van der Waals surface area contributed by atoms with Crippen LogP contribution in [0.5, 0.6) is 5.75 Å². The number of hydrogen-bond donors (Lipinski definition) is 0. The van der Waals surface area contributed by atoms with Crippen LogP contribution < -0.4 is 4.74 Å². The van der Waals surface area contributed by atoms with Crippen LogP contribution in [0.15, 0.2) is 30.5 Å². The first-order valence-corrected chi connectivity index (χ1v) is 7.14. The number of Topliss-reactive ketones (excluding diaryl/α,β-unsaturated/α-hetero) is 1. The summed E-state index contributed by atoms with van der Waals surface area (Å²) in [5.74, 6) is 0.801. The van der Waals surface area contributed by atoms with Crippen LogP contribution in [0.25, 0.3) is 0 Å². The summed E-state index contributed by atoms with van der Waals surface area (Å²) in [5, 5.41) is 11.0. The number of nitro groups is 1. The van der Waals surface area contributed by atoms with Crippen LogP contribution in [0.3, 0.4) is 0 Å². The third kappa shape index (κ3) is 4.35. The highest BCUT2D eigenvalue weighted by Crippen LogP contribution is 2.21. The summed E-state index contributed by atoms with van der Waals surface area (Å²) in [6.07, 6.45) is 2.36. The third-order valence-electron chi connectivity index (χ3n) is 2.92. The molecular formula is C14H14N2O4S. The summed E-state index contributed by atoms with van der Waals surface area (Å²) in [4.78, 5) is 25.8. The molecule has 2 aromatic rings. The molecule has 0 atom stereocenters. The first-order chi connectivity index (χ1) is 10.1. The molecule has 0 fully saturated rings. The van der Waals surface area contributed by atoms with Crippen LogP contribution in [-0.2, 0) is 17.6 Å². The van der Waals surface area contributed by atoms with Gasteiger partial charge in [0.2, 0.25) is 0 Å². The minimum Gasteiger partial charge on any atom is -0.497 e. The molecule has 0 amide bonds. The molecule has 0 N–H and O–H groups in total. The van der Waals surface area contributed by atoms with Crippen LogP contribution >= 0.6 is 11.3 Å². The maximum absolute atomic E-state index is 11.9. The second-order valence-electron chi connectivity index (χ2n) is 4.41. The molecule has 0 bridgehead atoms. The molecule has 1 aromatic heterocycles.